The van der Waals surface area contributed by atoms with Gasteiger partial charge in [0.1, 0.15) is 61.0 Å². The topological polar surface area (TPSA) is 193 Å². The van der Waals surface area contributed by atoms with Crippen LogP contribution < -0.4 is 0 Å². The van der Waals surface area contributed by atoms with Crippen molar-refractivity contribution in [2.24, 2.45) is 0 Å². The van der Waals surface area contributed by atoms with E-state index in [0.29, 0.717) is 6.61 Å². The van der Waals surface area contributed by atoms with Gasteiger partial charge in [-0.3, -0.25) is 9.59 Å². The number of ether oxygens (including phenoxy) is 15. The van der Waals surface area contributed by atoms with Crippen molar-refractivity contribution in [3.05, 3.63) is 251 Å². The molecular weight excluding hydrogens is 1240 g/mol. The summed E-state index contributed by atoms with van der Waals surface area (Å²) in [5, 5.41) is 11.2. The molecule has 3 fully saturated rings. The minimum Gasteiger partial charge on any atom is -0.454 e. The van der Waals surface area contributed by atoms with E-state index in [2.05, 4.69) is 6.92 Å². The number of unbranched alkanes of at least 4 members (excludes halogenated alkanes) is 5. The lowest BCUT2D eigenvalue weighted by atomic mass is 9.96. The number of esters is 2. The van der Waals surface area contributed by atoms with E-state index in [1.54, 1.807) is 0 Å². The van der Waals surface area contributed by atoms with Gasteiger partial charge in [-0.2, -0.15) is 0 Å². The molecule has 3 saturated heterocycles. The van der Waals surface area contributed by atoms with Crippen molar-refractivity contribution >= 4 is 11.9 Å². The first-order valence-electron chi connectivity index (χ1n) is 34.0. The van der Waals surface area contributed by atoms with Crippen molar-refractivity contribution < 1.29 is 85.7 Å². The third-order valence-corrected chi connectivity index (χ3v) is 17.2. The van der Waals surface area contributed by atoms with Gasteiger partial charge < -0.3 is 76.2 Å². The highest BCUT2D eigenvalue weighted by Crippen LogP contribution is 2.37. The second-order valence-electron chi connectivity index (χ2n) is 24.6. The molecule has 7 aromatic rings. The van der Waals surface area contributed by atoms with E-state index in [9.17, 15) is 14.7 Å². The number of rotatable bonds is 38. The van der Waals surface area contributed by atoms with Gasteiger partial charge in [0.2, 0.25) is 0 Å². The highest BCUT2D eigenvalue weighted by molar-refractivity contribution is 5.66. The van der Waals surface area contributed by atoms with Gasteiger partial charge in [0, 0.05) is 20.5 Å². The lowest BCUT2D eigenvalue weighted by molar-refractivity contribution is -0.357. The quantitative estimate of drug-likeness (QED) is 0.0283. The standard InChI is InChI=1S/C79H94O18/c1-4-5-6-7-8-30-45-83-77-74(90-53-64-43-28-15-29-44-64)71(87-50-61-37-22-12-23-38-61)69(85-48-59-33-18-10-19-34-59)66(96-77)54-92-79-76(94-57(3)82)73(89-52-63-41-26-14-27-42-63)70(86-49-60-35-20-11-21-36-60)67(97-79)55-91-78-75(93-56(2)81)72(88-51-62-39-24-13-25-40-62)68(65(46-80)95-78)84-47-58-31-16-9-17-32-58/h9-29,31-44,65-80H,4-8,30,45-55H2,1-3H3/t65-,66-,67-,68-,69-,70-,71+,72+,73+,74-,75+,76+,77-,78+,79+/m1/s1. The Hall–Kier alpha value is -7.08. The Morgan fingerprint density at radius 2 is 0.567 bits per heavy atom. The number of hydrogen-bond donors (Lipinski definition) is 1. The second kappa shape index (κ2) is 39.5. The van der Waals surface area contributed by atoms with Gasteiger partial charge >= 0.3 is 11.9 Å². The van der Waals surface area contributed by atoms with Crippen LogP contribution in [-0.4, -0.2) is 136 Å². The molecule has 97 heavy (non-hydrogen) atoms. The number of hydrogen-bond acceptors (Lipinski definition) is 18. The summed E-state index contributed by atoms with van der Waals surface area (Å²) in [5.41, 5.74) is 6.16. The molecule has 3 aliphatic rings. The Labute approximate surface area is 570 Å². The zero-order chi connectivity index (χ0) is 67.2. The van der Waals surface area contributed by atoms with E-state index >= 15 is 0 Å². The van der Waals surface area contributed by atoms with Crippen molar-refractivity contribution in [1.29, 1.82) is 0 Å². The summed E-state index contributed by atoms with van der Waals surface area (Å²) < 4.78 is 103. The largest absolute Gasteiger partial charge is 0.454 e. The predicted octanol–water partition coefficient (Wildman–Crippen LogP) is 12.5. The van der Waals surface area contributed by atoms with Crippen LogP contribution in [0.4, 0.5) is 0 Å². The normalized spacial score (nSPS) is 25.7. The maximum Gasteiger partial charge on any atom is 0.303 e. The minimum atomic E-state index is -1.41. The van der Waals surface area contributed by atoms with Crippen molar-refractivity contribution in [3.63, 3.8) is 0 Å². The van der Waals surface area contributed by atoms with Crippen molar-refractivity contribution in [3.8, 4) is 0 Å². The maximum atomic E-state index is 13.7. The number of carbonyl (C=O) groups is 2. The fourth-order valence-electron chi connectivity index (χ4n) is 12.3. The molecule has 1 N–H and O–H groups in total. The molecule has 3 heterocycles. The Bertz CT molecular complexity index is 3290. The number of benzene rings is 7. The monoisotopic (exact) mass is 1330 g/mol. The van der Waals surface area contributed by atoms with E-state index in [-0.39, 0.29) is 59.5 Å². The maximum absolute atomic E-state index is 13.7. The SMILES string of the molecule is CCCCCCCCO[C@@H]1O[C@H](CO[C@H]2O[C@H](CO[C@H]3O[C@H](CO)[C@@H](OCc4ccccc4)[C@H](OCc4ccccc4)[C@@H]3OC(C)=O)[C@@H](OCc3ccccc3)[C@H](OCc3ccccc3)[C@@H]2OC(C)=O)[C@@H](OCc2ccccc2)[C@H](OCc2ccccc2)[C@H]1OCc1ccccc1. The van der Waals surface area contributed by atoms with Crippen LogP contribution in [0.25, 0.3) is 0 Å². The van der Waals surface area contributed by atoms with Crippen molar-refractivity contribution in [2.75, 3.05) is 26.4 Å². The number of aliphatic hydroxyl groups excluding tert-OH is 1. The molecule has 0 spiro atoms. The summed E-state index contributed by atoms with van der Waals surface area (Å²) in [6, 6.07) is 68.0. The Morgan fingerprint density at radius 1 is 0.309 bits per heavy atom. The third-order valence-electron chi connectivity index (χ3n) is 17.2. The molecule has 18 heteroatoms. The zero-order valence-corrected chi connectivity index (χ0v) is 55.8. The van der Waals surface area contributed by atoms with Crippen LogP contribution in [0.3, 0.4) is 0 Å². The van der Waals surface area contributed by atoms with Crippen LogP contribution in [0.5, 0.6) is 0 Å². The molecule has 0 bridgehead atoms. The average molecular weight is 1330 g/mol. The van der Waals surface area contributed by atoms with E-state index in [0.717, 1.165) is 71.0 Å². The summed E-state index contributed by atoms with van der Waals surface area (Å²) >= 11 is 0. The molecule has 7 aromatic carbocycles. The molecule has 0 aliphatic carbocycles. The first-order chi connectivity index (χ1) is 47.7. The van der Waals surface area contributed by atoms with Gasteiger partial charge in [-0.25, -0.2) is 0 Å². The lowest BCUT2D eigenvalue weighted by Gasteiger charge is -2.48. The highest BCUT2D eigenvalue weighted by Gasteiger charge is 2.55. The fraction of sp³-hybridized carbons (Fsp3) is 0.443. The molecule has 518 valence electrons. The van der Waals surface area contributed by atoms with Gasteiger partial charge in [-0.05, 0) is 45.4 Å². The molecule has 0 radical (unpaired) electrons. The van der Waals surface area contributed by atoms with Crippen LogP contribution in [0.15, 0.2) is 212 Å². The minimum absolute atomic E-state index is 0.0571. The average Bonchev–Trinajstić information content (AvgIpc) is 0.800. The zero-order valence-electron chi connectivity index (χ0n) is 55.8. The van der Waals surface area contributed by atoms with Gasteiger partial charge in [-0.1, -0.05) is 251 Å². The predicted molar refractivity (Wildman–Crippen MR) is 361 cm³/mol. The molecule has 0 saturated carbocycles. The first-order valence-corrected chi connectivity index (χ1v) is 34.0. The van der Waals surface area contributed by atoms with Gasteiger partial charge in [0.25, 0.3) is 0 Å². The van der Waals surface area contributed by atoms with Crippen molar-refractivity contribution in [1.82, 2.24) is 0 Å². The number of carbonyl (C=O) groups excluding carboxylic acids is 2. The molecule has 10 rings (SSSR count). The van der Waals surface area contributed by atoms with Crippen LogP contribution in [0, 0.1) is 0 Å². The Balaban J connectivity index is 1.01. The van der Waals surface area contributed by atoms with Crippen LogP contribution in [0.1, 0.15) is 98.2 Å². The molecule has 15 atom stereocenters. The van der Waals surface area contributed by atoms with E-state index in [1.807, 2.05) is 212 Å². The molecule has 3 aliphatic heterocycles. The summed E-state index contributed by atoms with van der Waals surface area (Å²) in [6.45, 7) is 5.06. The van der Waals surface area contributed by atoms with E-state index in [1.165, 1.54) is 20.3 Å². The van der Waals surface area contributed by atoms with Crippen LogP contribution >= 0.6 is 0 Å². The van der Waals surface area contributed by atoms with E-state index in [4.69, 9.17) is 71.1 Å². The molecule has 18 nitrogen and oxygen atoms in total. The van der Waals surface area contributed by atoms with E-state index < -0.39 is 111 Å². The van der Waals surface area contributed by atoms with Gasteiger partial charge in [-0.15, -0.1) is 0 Å². The summed E-state index contributed by atoms with van der Waals surface area (Å²) in [4.78, 5) is 27.0. The Morgan fingerprint density at radius 3 is 0.876 bits per heavy atom. The van der Waals surface area contributed by atoms with Crippen molar-refractivity contribution in [2.45, 2.75) is 198 Å². The Kier molecular flexibility index (Phi) is 29.6. The molecule has 0 aromatic heterocycles. The smallest absolute Gasteiger partial charge is 0.303 e. The third kappa shape index (κ3) is 22.5. The number of aliphatic hydroxyl groups is 1. The van der Waals surface area contributed by atoms with Gasteiger partial charge in [0.05, 0.1) is 66.1 Å². The molecular formula is C79H94O18. The van der Waals surface area contributed by atoms with Crippen LogP contribution in [-0.2, 0) is 127 Å². The molecule has 0 amide bonds. The second-order valence-corrected chi connectivity index (χ2v) is 24.6. The van der Waals surface area contributed by atoms with Gasteiger partial charge in [0.15, 0.2) is 31.1 Å². The fourth-order valence-corrected chi connectivity index (χ4v) is 12.3. The molecule has 0 unspecified atom stereocenters. The summed E-state index contributed by atoms with van der Waals surface area (Å²) in [7, 11) is 0. The highest BCUT2D eigenvalue weighted by atomic mass is 16.8. The van der Waals surface area contributed by atoms with Crippen LogP contribution in [0.2, 0.25) is 0 Å². The first kappa shape index (κ1) is 72.7. The summed E-state index contributed by atoms with van der Waals surface area (Å²) in [6.07, 6.45) is -9.79. The summed E-state index contributed by atoms with van der Waals surface area (Å²) in [5.74, 6) is -1.28. The lowest BCUT2D eigenvalue weighted by Crippen LogP contribution is -2.65.